The Hall–Kier alpha value is -2.21. The molecule has 96 valence electrons. The van der Waals surface area contributed by atoms with Gasteiger partial charge in [0, 0.05) is 0 Å². The minimum absolute atomic E-state index is 0.0623. The smallest absolute Gasteiger partial charge is 0.226 e. The van der Waals surface area contributed by atoms with Crippen LogP contribution in [-0.4, -0.2) is 20.2 Å². The van der Waals surface area contributed by atoms with Crippen LogP contribution in [0, 0.1) is 12.7 Å². The molecule has 0 spiro atoms. The SMILES string of the molecule is Cc1ccc(F)c(Nc2nc(Cl)nc3[nH]ncc23)c1. The van der Waals surface area contributed by atoms with Gasteiger partial charge in [0.1, 0.15) is 11.6 Å². The molecule has 0 aliphatic carbocycles. The van der Waals surface area contributed by atoms with Crippen LogP contribution < -0.4 is 5.32 Å². The van der Waals surface area contributed by atoms with Gasteiger partial charge < -0.3 is 5.32 Å². The molecule has 0 bridgehead atoms. The van der Waals surface area contributed by atoms with E-state index in [9.17, 15) is 4.39 Å². The van der Waals surface area contributed by atoms with E-state index in [-0.39, 0.29) is 11.1 Å². The van der Waals surface area contributed by atoms with Gasteiger partial charge in [-0.25, -0.2) is 4.39 Å². The lowest BCUT2D eigenvalue weighted by Crippen LogP contribution is -1.99. The standard InChI is InChI=1S/C12H9ClFN5/c1-6-2-3-8(14)9(4-6)16-10-7-5-15-19-11(7)18-12(13)17-10/h2-5H,1H3,(H2,15,16,17,18,19). The van der Waals surface area contributed by atoms with Crippen LogP contribution in [0.2, 0.25) is 5.28 Å². The average Bonchev–Trinajstić information content (AvgIpc) is 2.82. The first-order valence-corrected chi connectivity index (χ1v) is 5.91. The predicted molar refractivity (Wildman–Crippen MR) is 71.1 cm³/mol. The molecule has 1 aromatic carbocycles. The molecular formula is C12H9ClFN5. The summed E-state index contributed by atoms with van der Waals surface area (Å²) in [7, 11) is 0. The number of halogens is 2. The summed E-state index contributed by atoms with van der Waals surface area (Å²) in [5, 5.41) is 10.2. The van der Waals surface area contributed by atoms with Crippen molar-refractivity contribution < 1.29 is 4.39 Å². The lowest BCUT2D eigenvalue weighted by Gasteiger charge is -2.08. The van der Waals surface area contributed by atoms with Gasteiger partial charge in [0.2, 0.25) is 5.28 Å². The van der Waals surface area contributed by atoms with Crippen molar-refractivity contribution >= 4 is 34.1 Å². The number of hydrogen-bond donors (Lipinski definition) is 2. The van der Waals surface area contributed by atoms with Crippen molar-refractivity contribution in [2.24, 2.45) is 0 Å². The highest BCUT2D eigenvalue weighted by atomic mass is 35.5. The molecule has 0 amide bonds. The molecule has 0 aliphatic heterocycles. The molecule has 7 heteroatoms. The van der Waals surface area contributed by atoms with Crippen molar-refractivity contribution in [3.8, 4) is 0 Å². The first-order valence-electron chi connectivity index (χ1n) is 5.53. The zero-order valence-electron chi connectivity index (χ0n) is 9.91. The first-order chi connectivity index (χ1) is 9.13. The van der Waals surface area contributed by atoms with Gasteiger partial charge in [-0.2, -0.15) is 15.1 Å². The third-order valence-electron chi connectivity index (χ3n) is 2.66. The number of anilines is 2. The molecule has 3 aromatic rings. The molecule has 19 heavy (non-hydrogen) atoms. The minimum Gasteiger partial charge on any atom is -0.337 e. The Morgan fingerprint density at radius 1 is 1.32 bits per heavy atom. The van der Waals surface area contributed by atoms with Gasteiger partial charge in [-0.15, -0.1) is 0 Å². The van der Waals surface area contributed by atoms with Gasteiger partial charge in [-0.3, -0.25) is 5.10 Å². The molecule has 0 fully saturated rings. The van der Waals surface area contributed by atoms with E-state index in [0.29, 0.717) is 22.5 Å². The van der Waals surface area contributed by atoms with Crippen molar-refractivity contribution in [2.75, 3.05) is 5.32 Å². The minimum atomic E-state index is -0.364. The number of H-pyrrole nitrogens is 1. The van der Waals surface area contributed by atoms with Gasteiger partial charge in [-0.1, -0.05) is 6.07 Å². The van der Waals surface area contributed by atoms with Crippen LogP contribution in [0.25, 0.3) is 11.0 Å². The molecule has 5 nitrogen and oxygen atoms in total. The van der Waals surface area contributed by atoms with Crippen molar-refractivity contribution in [3.63, 3.8) is 0 Å². The van der Waals surface area contributed by atoms with E-state index in [0.717, 1.165) is 5.56 Å². The summed E-state index contributed by atoms with van der Waals surface area (Å²) in [6, 6.07) is 4.78. The van der Waals surface area contributed by atoms with E-state index in [1.165, 1.54) is 6.07 Å². The van der Waals surface area contributed by atoms with Gasteiger partial charge in [0.15, 0.2) is 5.65 Å². The Balaban J connectivity index is 2.10. The van der Waals surface area contributed by atoms with Gasteiger partial charge in [-0.05, 0) is 36.2 Å². The molecule has 0 radical (unpaired) electrons. The number of aromatic nitrogens is 4. The van der Waals surface area contributed by atoms with Crippen LogP contribution in [0.4, 0.5) is 15.9 Å². The van der Waals surface area contributed by atoms with E-state index >= 15 is 0 Å². The topological polar surface area (TPSA) is 66.5 Å². The van der Waals surface area contributed by atoms with Crippen molar-refractivity contribution in [2.45, 2.75) is 6.92 Å². The van der Waals surface area contributed by atoms with Crippen molar-refractivity contribution in [1.82, 2.24) is 20.2 Å². The second-order valence-corrected chi connectivity index (χ2v) is 4.42. The number of aromatic amines is 1. The highest BCUT2D eigenvalue weighted by Gasteiger charge is 2.10. The molecule has 0 aliphatic rings. The summed E-state index contributed by atoms with van der Waals surface area (Å²) in [5.74, 6) is 0.0465. The predicted octanol–water partition coefficient (Wildman–Crippen LogP) is 3.20. The van der Waals surface area contributed by atoms with Crippen LogP contribution in [0.5, 0.6) is 0 Å². The lowest BCUT2D eigenvalue weighted by molar-refractivity contribution is 0.631. The number of nitrogens with zero attached hydrogens (tertiary/aromatic N) is 3. The van der Waals surface area contributed by atoms with Crippen LogP contribution in [0.3, 0.4) is 0 Å². The number of benzene rings is 1. The van der Waals surface area contributed by atoms with E-state index in [1.807, 2.05) is 6.92 Å². The fraction of sp³-hybridized carbons (Fsp3) is 0.0833. The Labute approximate surface area is 112 Å². The Morgan fingerprint density at radius 2 is 2.16 bits per heavy atom. The molecule has 3 rings (SSSR count). The molecule has 0 saturated heterocycles. The van der Waals surface area contributed by atoms with Crippen LogP contribution in [-0.2, 0) is 0 Å². The third kappa shape index (κ3) is 2.22. The van der Waals surface area contributed by atoms with Gasteiger partial charge in [0.05, 0.1) is 17.3 Å². The summed E-state index contributed by atoms with van der Waals surface area (Å²) >= 11 is 5.81. The molecule has 0 unspecified atom stereocenters. The zero-order chi connectivity index (χ0) is 13.4. The Bertz CT molecular complexity index is 755. The second-order valence-electron chi connectivity index (χ2n) is 4.08. The summed E-state index contributed by atoms with van der Waals surface area (Å²) in [4.78, 5) is 8.04. The molecule has 0 atom stereocenters. The maximum Gasteiger partial charge on any atom is 0.226 e. The van der Waals surface area contributed by atoms with Crippen molar-refractivity contribution in [1.29, 1.82) is 0 Å². The lowest BCUT2D eigenvalue weighted by atomic mass is 10.2. The summed E-state index contributed by atoms with van der Waals surface area (Å²) in [6.45, 7) is 1.88. The van der Waals surface area contributed by atoms with Crippen molar-refractivity contribution in [3.05, 3.63) is 41.1 Å². The fourth-order valence-corrected chi connectivity index (χ4v) is 1.93. The number of rotatable bonds is 2. The molecule has 2 aromatic heterocycles. The monoisotopic (exact) mass is 277 g/mol. The van der Waals surface area contributed by atoms with E-state index in [4.69, 9.17) is 11.6 Å². The van der Waals surface area contributed by atoms with E-state index in [1.54, 1.807) is 18.3 Å². The van der Waals surface area contributed by atoms with Crippen LogP contribution >= 0.6 is 11.6 Å². The number of hydrogen-bond acceptors (Lipinski definition) is 4. The zero-order valence-corrected chi connectivity index (χ0v) is 10.7. The average molecular weight is 278 g/mol. The highest BCUT2D eigenvalue weighted by molar-refractivity contribution is 6.28. The molecule has 0 saturated carbocycles. The maximum atomic E-state index is 13.7. The van der Waals surface area contributed by atoms with Gasteiger partial charge in [0.25, 0.3) is 0 Å². The third-order valence-corrected chi connectivity index (χ3v) is 2.83. The van der Waals surface area contributed by atoms with Crippen LogP contribution in [0.1, 0.15) is 5.56 Å². The van der Waals surface area contributed by atoms with E-state index < -0.39 is 0 Å². The van der Waals surface area contributed by atoms with Crippen LogP contribution in [0.15, 0.2) is 24.4 Å². The Morgan fingerprint density at radius 3 is 3.00 bits per heavy atom. The second kappa shape index (κ2) is 4.47. The number of fused-ring (bicyclic) bond motifs is 1. The first kappa shape index (κ1) is 11.9. The summed E-state index contributed by atoms with van der Waals surface area (Å²) in [5.41, 5.74) is 1.76. The molecular weight excluding hydrogens is 269 g/mol. The summed E-state index contributed by atoms with van der Waals surface area (Å²) < 4.78 is 13.7. The quantitative estimate of drug-likeness (QED) is 0.706. The molecule has 2 heterocycles. The number of aryl methyl sites for hydroxylation is 1. The normalized spacial score (nSPS) is 10.9. The maximum absolute atomic E-state index is 13.7. The summed E-state index contributed by atoms with van der Waals surface area (Å²) in [6.07, 6.45) is 1.56. The highest BCUT2D eigenvalue weighted by Crippen LogP contribution is 2.25. The number of nitrogens with one attached hydrogen (secondary N) is 2. The Kier molecular flexibility index (Phi) is 2.79. The molecule has 2 N–H and O–H groups in total. The van der Waals surface area contributed by atoms with Gasteiger partial charge >= 0.3 is 0 Å². The van der Waals surface area contributed by atoms with E-state index in [2.05, 4.69) is 25.5 Å². The fourth-order valence-electron chi connectivity index (χ4n) is 1.77. The largest absolute Gasteiger partial charge is 0.337 e.